The number of hydrogen-bond donors (Lipinski definition) is 2. The van der Waals surface area contributed by atoms with Crippen molar-refractivity contribution in [3.05, 3.63) is 54.1 Å². The lowest BCUT2D eigenvalue weighted by Crippen LogP contribution is -2.21. The highest BCUT2D eigenvalue weighted by Crippen LogP contribution is 2.41. The number of hydrogen-bond acceptors (Lipinski definition) is 3. The van der Waals surface area contributed by atoms with Crippen LogP contribution in [-0.4, -0.2) is 18.9 Å². The van der Waals surface area contributed by atoms with Crippen molar-refractivity contribution >= 4 is 23.2 Å². The van der Waals surface area contributed by atoms with E-state index in [1.165, 1.54) is 0 Å². The van der Waals surface area contributed by atoms with Crippen LogP contribution in [0.1, 0.15) is 31.7 Å². The molecule has 0 bridgehead atoms. The Balaban J connectivity index is 1.61. The average Bonchev–Trinajstić information content (AvgIpc) is 3.43. The molecular formula is C21H24N2O3. The van der Waals surface area contributed by atoms with Crippen LogP contribution in [-0.2, 0) is 9.59 Å². The highest BCUT2D eigenvalue weighted by Gasteiger charge is 2.48. The zero-order valence-corrected chi connectivity index (χ0v) is 15.3. The Kier molecular flexibility index (Phi) is 5.26. The third-order valence-corrected chi connectivity index (χ3v) is 4.67. The number of rotatable bonds is 6. The lowest BCUT2D eigenvalue weighted by Gasteiger charge is -2.13. The summed E-state index contributed by atoms with van der Waals surface area (Å²) in [5, 5.41) is 5.84. The van der Waals surface area contributed by atoms with Gasteiger partial charge in [-0.25, -0.2) is 0 Å². The van der Waals surface area contributed by atoms with E-state index >= 15 is 0 Å². The van der Waals surface area contributed by atoms with Gasteiger partial charge in [0.15, 0.2) is 0 Å². The molecule has 26 heavy (non-hydrogen) atoms. The number of para-hydroxylation sites is 3. The largest absolute Gasteiger partial charge is 0.495 e. The van der Waals surface area contributed by atoms with Gasteiger partial charge >= 0.3 is 0 Å². The molecule has 1 aliphatic rings. The van der Waals surface area contributed by atoms with Crippen LogP contribution in [0.3, 0.4) is 0 Å². The van der Waals surface area contributed by atoms with Crippen LogP contribution in [0.25, 0.3) is 0 Å². The molecule has 0 saturated heterocycles. The number of carbonyl (C=O) groups excluding carboxylic acids is 2. The fourth-order valence-electron chi connectivity index (χ4n) is 3.09. The van der Waals surface area contributed by atoms with Gasteiger partial charge in [0.2, 0.25) is 11.8 Å². The molecule has 5 nitrogen and oxygen atoms in total. The number of nitrogens with one attached hydrogen (secondary N) is 2. The maximum atomic E-state index is 12.5. The summed E-state index contributed by atoms with van der Waals surface area (Å²) in [6.45, 7) is 4.18. The molecule has 3 rings (SSSR count). The predicted molar refractivity (Wildman–Crippen MR) is 102 cm³/mol. The molecule has 2 aromatic carbocycles. The number of anilines is 2. The smallest absolute Gasteiger partial charge is 0.228 e. The molecule has 2 amide bonds. The average molecular weight is 352 g/mol. The SMILES string of the molecule is COc1ccccc1NC(=O)C1CC1C(=O)Nc1ccccc1C(C)C. The highest BCUT2D eigenvalue weighted by molar-refractivity contribution is 6.03. The third kappa shape index (κ3) is 3.87. The van der Waals surface area contributed by atoms with Crippen molar-refractivity contribution in [3.8, 4) is 5.75 Å². The second-order valence-corrected chi connectivity index (χ2v) is 6.87. The molecule has 1 aliphatic carbocycles. The van der Waals surface area contributed by atoms with Crippen molar-refractivity contribution in [1.82, 2.24) is 0 Å². The van der Waals surface area contributed by atoms with E-state index in [1.54, 1.807) is 19.2 Å². The summed E-state index contributed by atoms with van der Waals surface area (Å²) in [7, 11) is 1.56. The van der Waals surface area contributed by atoms with Crippen LogP contribution in [0.15, 0.2) is 48.5 Å². The van der Waals surface area contributed by atoms with Crippen LogP contribution in [0.4, 0.5) is 11.4 Å². The summed E-state index contributed by atoms with van der Waals surface area (Å²) in [5.74, 6) is 0.0878. The molecule has 0 radical (unpaired) electrons. The van der Waals surface area contributed by atoms with Gasteiger partial charge in [0, 0.05) is 5.69 Å². The third-order valence-electron chi connectivity index (χ3n) is 4.67. The molecule has 136 valence electrons. The van der Waals surface area contributed by atoms with Gasteiger partial charge in [-0.15, -0.1) is 0 Å². The quantitative estimate of drug-likeness (QED) is 0.825. The fourth-order valence-corrected chi connectivity index (χ4v) is 3.09. The van der Waals surface area contributed by atoms with Gasteiger partial charge in [0.1, 0.15) is 5.75 Å². The Bertz CT molecular complexity index is 816. The molecular weight excluding hydrogens is 328 g/mol. The van der Waals surface area contributed by atoms with E-state index in [9.17, 15) is 9.59 Å². The van der Waals surface area contributed by atoms with E-state index in [-0.39, 0.29) is 23.7 Å². The van der Waals surface area contributed by atoms with Crippen LogP contribution in [0.2, 0.25) is 0 Å². The van der Waals surface area contributed by atoms with Gasteiger partial charge in [-0.1, -0.05) is 44.2 Å². The maximum absolute atomic E-state index is 12.5. The van der Waals surface area contributed by atoms with Crippen molar-refractivity contribution in [2.24, 2.45) is 11.8 Å². The van der Waals surface area contributed by atoms with Crippen molar-refractivity contribution in [1.29, 1.82) is 0 Å². The Hall–Kier alpha value is -2.82. The number of ether oxygens (including phenoxy) is 1. The van der Waals surface area contributed by atoms with E-state index in [1.807, 2.05) is 36.4 Å². The maximum Gasteiger partial charge on any atom is 0.228 e. The molecule has 0 aromatic heterocycles. The first-order valence-corrected chi connectivity index (χ1v) is 8.85. The summed E-state index contributed by atoms with van der Waals surface area (Å²) in [5.41, 5.74) is 2.54. The molecule has 5 heteroatoms. The predicted octanol–water partition coefficient (Wildman–Crippen LogP) is 4.03. The van der Waals surface area contributed by atoms with E-state index in [2.05, 4.69) is 24.5 Å². The first-order valence-electron chi connectivity index (χ1n) is 8.85. The van der Waals surface area contributed by atoms with Crippen molar-refractivity contribution in [2.45, 2.75) is 26.2 Å². The summed E-state index contributed by atoms with van der Waals surface area (Å²) < 4.78 is 5.24. The Morgan fingerprint density at radius 2 is 1.46 bits per heavy atom. The zero-order chi connectivity index (χ0) is 18.7. The molecule has 2 atom stereocenters. The zero-order valence-electron chi connectivity index (χ0n) is 15.3. The first-order chi connectivity index (χ1) is 12.5. The van der Waals surface area contributed by atoms with Gasteiger partial charge in [-0.2, -0.15) is 0 Å². The molecule has 1 saturated carbocycles. The molecule has 2 unspecified atom stereocenters. The van der Waals surface area contributed by atoms with Gasteiger partial charge in [-0.05, 0) is 36.1 Å². The van der Waals surface area contributed by atoms with Crippen molar-refractivity contribution in [2.75, 3.05) is 17.7 Å². The topological polar surface area (TPSA) is 67.4 Å². The Labute approximate surface area is 153 Å². The minimum atomic E-state index is -0.300. The van der Waals surface area contributed by atoms with Crippen LogP contribution in [0.5, 0.6) is 5.75 Å². The van der Waals surface area contributed by atoms with Gasteiger partial charge in [-0.3, -0.25) is 9.59 Å². The number of benzene rings is 2. The highest BCUT2D eigenvalue weighted by atomic mass is 16.5. The standard InChI is InChI=1S/C21H24N2O3/c1-13(2)14-8-4-5-9-17(14)22-20(24)15-12-16(15)21(25)23-18-10-6-7-11-19(18)26-3/h4-11,13,15-16H,12H2,1-3H3,(H,22,24)(H,23,25). The van der Waals surface area contributed by atoms with E-state index in [4.69, 9.17) is 4.74 Å². The van der Waals surface area contributed by atoms with Crippen LogP contribution >= 0.6 is 0 Å². The van der Waals surface area contributed by atoms with Crippen LogP contribution in [0, 0.1) is 11.8 Å². The van der Waals surface area contributed by atoms with Gasteiger partial charge < -0.3 is 15.4 Å². The molecule has 0 aliphatic heterocycles. The molecule has 1 fully saturated rings. The summed E-state index contributed by atoms with van der Waals surface area (Å²) >= 11 is 0. The number of carbonyl (C=O) groups is 2. The molecule has 2 N–H and O–H groups in total. The van der Waals surface area contributed by atoms with Gasteiger partial charge in [0.25, 0.3) is 0 Å². The minimum Gasteiger partial charge on any atom is -0.495 e. The summed E-state index contributed by atoms with van der Waals surface area (Å²) in [6, 6.07) is 15.0. The lowest BCUT2D eigenvalue weighted by atomic mass is 10.0. The Morgan fingerprint density at radius 3 is 2.08 bits per heavy atom. The molecule has 0 heterocycles. The van der Waals surface area contributed by atoms with E-state index in [0.717, 1.165) is 11.3 Å². The monoisotopic (exact) mass is 352 g/mol. The normalized spacial score (nSPS) is 18.3. The number of methoxy groups -OCH3 is 1. The van der Waals surface area contributed by atoms with E-state index in [0.29, 0.717) is 23.8 Å². The Morgan fingerprint density at radius 1 is 0.923 bits per heavy atom. The first kappa shape index (κ1) is 18.0. The van der Waals surface area contributed by atoms with Crippen molar-refractivity contribution < 1.29 is 14.3 Å². The minimum absolute atomic E-state index is 0.0988. The van der Waals surface area contributed by atoms with Gasteiger partial charge in [0.05, 0.1) is 24.6 Å². The van der Waals surface area contributed by atoms with Crippen LogP contribution < -0.4 is 15.4 Å². The second-order valence-electron chi connectivity index (χ2n) is 6.87. The van der Waals surface area contributed by atoms with Crippen molar-refractivity contribution in [3.63, 3.8) is 0 Å². The second kappa shape index (κ2) is 7.60. The summed E-state index contributed by atoms with van der Waals surface area (Å²) in [6.07, 6.45) is 0.566. The number of amides is 2. The molecule has 0 spiro atoms. The lowest BCUT2D eigenvalue weighted by molar-refractivity contribution is -0.122. The fraction of sp³-hybridized carbons (Fsp3) is 0.333. The van der Waals surface area contributed by atoms with E-state index < -0.39 is 0 Å². The summed E-state index contributed by atoms with van der Waals surface area (Å²) in [4.78, 5) is 25.0. The molecule has 2 aromatic rings.